The van der Waals surface area contributed by atoms with Crippen molar-refractivity contribution in [2.24, 2.45) is 0 Å². The van der Waals surface area contributed by atoms with Gasteiger partial charge in [0.05, 0.1) is 24.2 Å². The Morgan fingerprint density at radius 3 is 2.67 bits per heavy atom. The lowest BCUT2D eigenvalue weighted by Crippen LogP contribution is -2.30. The molecule has 5 heteroatoms. The van der Waals surface area contributed by atoms with E-state index in [9.17, 15) is 9.90 Å². The van der Waals surface area contributed by atoms with E-state index >= 15 is 0 Å². The number of phenols is 1. The van der Waals surface area contributed by atoms with Crippen LogP contribution in [0.2, 0.25) is 0 Å². The van der Waals surface area contributed by atoms with Crippen molar-refractivity contribution in [1.29, 1.82) is 0 Å². The van der Waals surface area contributed by atoms with Crippen molar-refractivity contribution in [3.8, 4) is 17.2 Å². The van der Waals surface area contributed by atoms with Crippen molar-refractivity contribution in [3.05, 3.63) is 58.7 Å². The highest BCUT2D eigenvalue weighted by atomic mass is 16.5. The van der Waals surface area contributed by atoms with Crippen LogP contribution in [0, 0.1) is 0 Å². The molecule has 0 spiro atoms. The number of aromatic hydroxyl groups is 1. The first-order valence-electron chi connectivity index (χ1n) is 8.95. The molecule has 2 heterocycles. The number of ether oxygens (including phenoxy) is 3. The van der Waals surface area contributed by atoms with Crippen LogP contribution in [0.4, 0.5) is 0 Å². The average molecular weight is 366 g/mol. The standard InChI is InChI=1S/C22H22O5/c1-22(2)10-9-14-19(24)18-16(23)11-17(13-7-5-4-6-8-13)26-21(18)15(12-25-3)20(14)27-22/h4-10,17,24H,11-12H2,1-3H3/t17-/m0/s1. The van der Waals surface area contributed by atoms with Gasteiger partial charge in [0.25, 0.3) is 0 Å². The molecule has 0 unspecified atom stereocenters. The summed E-state index contributed by atoms with van der Waals surface area (Å²) in [5.74, 6) is 0.607. The molecule has 1 atom stereocenters. The van der Waals surface area contributed by atoms with E-state index in [4.69, 9.17) is 14.2 Å². The maximum Gasteiger partial charge on any atom is 0.174 e. The molecular formula is C22H22O5. The van der Waals surface area contributed by atoms with Crippen molar-refractivity contribution >= 4 is 11.9 Å². The fourth-order valence-electron chi connectivity index (χ4n) is 3.59. The van der Waals surface area contributed by atoms with Gasteiger partial charge in [-0.25, -0.2) is 0 Å². The van der Waals surface area contributed by atoms with Crippen molar-refractivity contribution in [1.82, 2.24) is 0 Å². The summed E-state index contributed by atoms with van der Waals surface area (Å²) in [5, 5.41) is 10.8. The summed E-state index contributed by atoms with van der Waals surface area (Å²) in [4.78, 5) is 12.9. The van der Waals surface area contributed by atoms with E-state index in [-0.39, 0.29) is 30.1 Å². The highest BCUT2D eigenvalue weighted by Crippen LogP contribution is 2.51. The lowest BCUT2D eigenvalue weighted by molar-refractivity contribution is 0.0828. The average Bonchev–Trinajstić information content (AvgIpc) is 2.64. The molecule has 0 fully saturated rings. The minimum absolute atomic E-state index is 0.0943. The zero-order valence-electron chi connectivity index (χ0n) is 15.6. The maximum atomic E-state index is 12.9. The molecule has 0 saturated carbocycles. The molecule has 0 radical (unpaired) electrons. The van der Waals surface area contributed by atoms with Gasteiger partial charge in [-0.15, -0.1) is 0 Å². The van der Waals surface area contributed by atoms with Crippen molar-refractivity contribution < 1.29 is 24.1 Å². The maximum absolute atomic E-state index is 12.9. The Morgan fingerprint density at radius 1 is 1.22 bits per heavy atom. The smallest absolute Gasteiger partial charge is 0.174 e. The summed E-state index contributed by atoms with van der Waals surface area (Å²) in [7, 11) is 1.58. The summed E-state index contributed by atoms with van der Waals surface area (Å²) >= 11 is 0. The Hall–Kier alpha value is -2.79. The van der Waals surface area contributed by atoms with Crippen LogP contribution in [-0.4, -0.2) is 23.6 Å². The van der Waals surface area contributed by atoms with Gasteiger partial charge in [-0.1, -0.05) is 30.3 Å². The van der Waals surface area contributed by atoms with Crippen molar-refractivity contribution in [2.45, 2.75) is 38.6 Å². The normalized spacial score (nSPS) is 19.7. The monoisotopic (exact) mass is 366 g/mol. The highest BCUT2D eigenvalue weighted by molar-refractivity contribution is 6.05. The minimum Gasteiger partial charge on any atom is -0.506 e. The molecule has 4 rings (SSSR count). The van der Waals surface area contributed by atoms with Gasteiger partial charge in [0, 0.05) is 7.11 Å². The van der Waals surface area contributed by atoms with E-state index < -0.39 is 11.7 Å². The summed E-state index contributed by atoms with van der Waals surface area (Å²) in [6.07, 6.45) is 3.42. The van der Waals surface area contributed by atoms with Crippen LogP contribution in [0.5, 0.6) is 17.2 Å². The van der Waals surface area contributed by atoms with Crippen LogP contribution in [0.15, 0.2) is 36.4 Å². The topological polar surface area (TPSA) is 65.0 Å². The molecule has 0 aromatic heterocycles. The number of rotatable bonds is 3. The SMILES string of the molecule is COCc1c2c(c(O)c3c1O[C@H](c1ccccc1)CC3=O)C=CC(C)(C)O2. The number of benzene rings is 2. The number of carbonyl (C=O) groups is 1. The van der Waals surface area contributed by atoms with Gasteiger partial charge < -0.3 is 19.3 Å². The third-order valence-electron chi connectivity index (χ3n) is 4.90. The summed E-state index contributed by atoms with van der Waals surface area (Å²) in [5.41, 5.74) is 1.73. The van der Waals surface area contributed by atoms with E-state index in [0.29, 0.717) is 22.6 Å². The number of Topliss-reactive ketones (excluding diaryl/α,β-unsaturated/α-hetero) is 1. The molecule has 140 valence electrons. The Bertz CT molecular complexity index is 928. The summed E-state index contributed by atoms with van der Waals surface area (Å²) in [6.45, 7) is 4.07. The van der Waals surface area contributed by atoms with Crippen LogP contribution in [0.25, 0.3) is 6.08 Å². The zero-order valence-corrected chi connectivity index (χ0v) is 15.6. The first-order valence-corrected chi connectivity index (χ1v) is 8.95. The molecule has 0 amide bonds. The Labute approximate surface area is 158 Å². The third kappa shape index (κ3) is 2.98. The van der Waals surface area contributed by atoms with Crippen LogP contribution < -0.4 is 9.47 Å². The molecule has 2 aromatic rings. The van der Waals surface area contributed by atoms with E-state index in [1.165, 1.54) is 0 Å². The minimum atomic E-state index is -0.534. The van der Waals surface area contributed by atoms with E-state index in [1.54, 1.807) is 13.2 Å². The van der Waals surface area contributed by atoms with Gasteiger partial charge in [-0.05, 0) is 31.6 Å². The second-order valence-corrected chi connectivity index (χ2v) is 7.39. The van der Waals surface area contributed by atoms with Gasteiger partial charge in [0.1, 0.15) is 34.5 Å². The fourth-order valence-corrected chi connectivity index (χ4v) is 3.59. The molecule has 0 saturated heterocycles. The second kappa shape index (κ2) is 6.43. The van der Waals surface area contributed by atoms with Gasteiger partial charge in [0.2, 0.25) is 0 Å². The fraction of sp³-hybridized carbons (Fsp3) is 0.318. The van der Waals surface area contributed by atoms with Crippen LogP contribution in [0.1, 0.15) is 53.4 Å². The molecule has 2 aliphatic heterocycles. The number of phenolic OH excluding ortho intramolecular Hbond substituents is 1. The number of fused-ring (bicyclic) bond motifs is 2. The van der Waals surface area contributed by atoms with Crippen molar-refractivity contribution in [2.75, 3.05) is 7.11 Å². The van der Waals surface area contributed by atoms with E-state index in [0.717, 1.165) is 5.56 Å². The van der Waals surface area contributed by atoms with Crippen LogP contribution >= 0.6 is 0 Å². The first-order chi connectivity index (χ1) is 12.9. The summed E-state index contributed by atoms with van der Waals surface area (Å²) in [6, 6.07) is 9.60. The van der Waals surface area contributed by atoms with Gasteiger partial charge in [-0.3, -0.25) is 4.79 Å². The van der Waals surface area contributed by atoms with Gasteiger partial charge >= 0.3 is 0 Å². The van der Waals surface area contributed by atoms with Gasteiger partial charge in [-0.2, -0.15) is 0 Å². The van der Waals surface area contributed by atoms with E-state index in [1.807, 2.05) is 50.3 Å². The number of hydrogen-bond donors (Lipinski definition) is 1. The van der Waals surface area contributed by atoms with Crippen LogP contribution in [-0.2, 0) is 11.3 Å². The molecule has 5 nitrogen and oxygen atoms in total. The van der Waals surface area contributed by atoms with E-state index in [2.05, 4.69) is 0 Å². The lowest BCUT2D eigenvalue weighted by atomic mass is 9.89. The largest absolute Gasteiger partial charge is 0.506 e. The summed E-state index contributed by atoms with van der Waals surface area (Å²) < 4.78 is 17.7. The molecular weight excluding hydrogens is 344 g/mol. The molecule has 27 heavy (non-hydrogen) atoms. The van der Waals surface area contributed by atoms with Crippen molar-refractivity contribution in [3.63, 3.8) is 0 Å². The Balaban J connectivity index is 1.90. The number of methoxy groups -OCH3 is 1. The van der Waals surface area contributed by atoms with Crippen LogP contribution in [0.3, 0.4) is 0 Å². The number of ketones is 1. The second-order valence-electron chi connectivity index (χ2n) is 7.39. The molecule has 2 aromatic carbocycles. The molecule has 0 aliphatic carbocycles. The Kier molecular flexibility index (Phi) is 4.19. The quantitative estimate of drug-likeness (QED) is 0.871. The number of carbonyl (C=O) groups excluding carboxylic acids is 1. The molecule has 0 bridgehead atoms. The predicted molar refractivity (Wildman–Crippen MR) is 101 cm³/mol. The Morgan fingerprint density at radius 2 is 1.96 bits per heavy atom. The number of hydrogen-bond acceptors (Lipinski definition) is 5. The predicted octanol–water partition coefficient (Wildman–Crippen LogP) is 4.43. The highest BCUT2D eigenvalue weighted by Gasteiger charge is 2.38. The zero-order chi connectivity index (χ0) is 19.2. The lowest BCUT2D eigenvalue weighted by Gasteiger charge is -2.34. The first kappa shape index (κ1) is 17.6. The third-order valence-corrected chi connectivity index (χ3v) is 4.90. The van der Waals surface area contributed by atoms with Gasteiger partial charge in [0.15, 0.2) is 5.78 Å². The molecule has 2 aliphatic rings. The molecule has 1 N–H and O–H groups in total.